The van der Waals surface area contributed by atoms with Crippen molar-refractivity contribution >= 4 is 44.9 Å². The average molecular weight is 489 g/mol. The van der Waals surface area contributed by atoms with E-state index in [1.165, 1.54) is 23.0 Å². The van der Waals surface area contributed by atoms with E-state index < -0.39 is 18.1 Å². The lowest BCUT2D eigenvalue weighted by Gasteiger charge is -2.11. The van der Waals surface area contributed by atoms with Crippen LogP contribution >= 0.6 is 22.9 Å². The molecule has 0 atom stereocenters. The zero-order chi connectivity index (χ0) is 23.7. The molecule has 0 aliphatic carbocycles. The Hall–Kier alpha value is -3.50. The number of aromatic nitrogens is 3. The molecule has 0 aliphatic heterocycles. The molecule has 4 rings (SSSR count). The molecule has 2 aromatic carbocycles. The number of alkyl halides is 1. The number of carbonyl (C=O) groups is 1. The van der Waals surface area contributed by atoms with Crippen molar-refractivity contribution < 1.29 is 13.9 Å². The minimum absolute atomic E-state index is 0.0687. The number of nitrogens with zero attached hydrogens (tertiary/aromatic N) is 3. The molecule has 0 saturated heterocycles. The van der Waals surface area contributed by atoms with Gasteiger partial charge >= 0.3 is 5.69 Å². The van der Waals surface area contributed by atoms with Crippen LogP contribution in [0.2, 0.25) is 5.02 Å². The molecule has 0 fully saturated rings. The van der Waals surface area contributed by atoms with Crippen LogP contribution < -0.4 is 21.3 Å². The Labute approximate surface area is 195 Å². The summed E-state index contributed by atoms with van der Waals surface area (Å²) in [4.78, 5) is 42.0. The summed E-state index contributed by atoms with van der Waals surface area (Å²) in [6, 6.07) is 9.89. The van der Waals surface area contributed by atoms with Crippen molar-refractivity contribution in [3.05, 3.63) is 73.2 Å². The van der Waals surface area contributed by atoms with E-state index in [1.807, 2.05) is 0 Å². The first-order valence-electron chi connectivity index (χ1n) is 9.72. The number of anilines is 1. The van der Waals surface area contributed by atoms with Crippen molar-refractivity contribution in [3.8, 4) is 17.0 Å². The molecule has 0 spiro atoms. The normalized spacial score (nSPS) is 11.0. The first-order chi connectivity index (χ1) is 15.8. The second-order valence-corrected chi connectivity index (χ2v) is 8.44. The molecule has 0 aliphatic rings. The molecule has 11 heteroatoms. The fraction of sp³-hybridized carbons (Fsp3) is 0.182. The van der Waals surface area contributed by atoms with Crippen LogP contribution in [0.3, 0.4) is 0 Å². The van der Waals surface area contributed by atoms with Gasteiger partial charge in [0.05, 0.1) is 28.0 Å². The standard InChI is InChI=1S/C22H18ClFN4O4S/c1-27-16-5-3-4-13(19(16)20(30)28(2)22(27)31)9-18(29)26-21-25-15(10-33-21)12-6-7-17(32-11-24)14(23)8-12/h3-8,10H,9,11H2,1-2H3,(H,25,26,29). The van der Waals surface area contributed by atoms with Crippen LogP contribution in [0.1, 0.15) is 5.56 Å². The molecule has 8 nitrogen and oxygen atoms in total. The van der Waals surface area contributed by atoms with Gasteiger partial charge in [0.2, 0.25) is 12.8 Å². The molecular weight excluding hydrogens is 471 g/mol. The van der Waals surface area contributed by atoms with E-state index in [1.54, 1.807) is 48.8 Å². The molecule has 0 radical (unpaired) electrons. The van der Waals surface area contributed by atoms with Gasteiger partial charge in [-0.2, -0.15) is 0 Å². The van der Waals surface area contributed by atoms with Gasteiger partial charge in [-0.15, -0.1) is 11.3 Å². The van der Waals surface area contributed by atoms with Crippen LogP contribution in [0, 0.1) is 0 Å². The molecule has 4 aromatic rings. The summed E-state index contributed by atoms with van der Waals surface area (Å²) in [5.74, 6) is -0.130. The first-order valence-corrected chi connectivity index (χ1v) is 11.0. The Bertz CT molecular complexity index is 1490. The van der Waals surface area contributed by atoms with E-state index in [9.17, 15) is 18.8 Å². The number of nitrogens with one attached hydrogen (secondary N) is 1. The highest BCUT2D eigenvalue weighted by atomic mass is 35.5. The molecule has 1 N–H and O–H groups in total. The number of benzene rings is 2. The average Bonchev–Trinajstić information content (AvgIpc) is 3.25. The van der Waals surface area contributed by atoms with Crippen LogP contribution in [-0.4, -0.2) is 26.9 Å². The fourth-order valence-corrected chi connectivity index (χ4v) is 4.45. The predicted molar refractivity (Wildman–Crippen MR) is 126 cm³/mol. The van der Waals surface area contributed by atoms with Gasteiger partial charge in [0, 0.05) is 25.0 Å². The second-order valence-electron chi connectivity index (χ2n) is 7.18. The molecule has 0 saturated carbocycles. The number of hydrogen-bond donors (Lipinski definition) is 1. The van der Waals surface area contributed by atoms with Gasteiger partial charge in [0.25, 0.3) is 5.56 Å². The summed E-state index contributed by atoms with van der Waals surface area (Å²) in [6.45, 7) is -0.981. The molecule has 0 unspecified atom stereocenters. The van der Waals surface area contributed by atoms with Crippen molar-refractivity contribution in [3.63, 3.8) is 0 Å². The molecule has 2 aromatic heterocycles. The minimum Gasteiger partial charge on any atom is -0.461 e. The zero-order valence-corrected chi connectivity index (χ0v) is 19.2. The molecular formula is C22H18ClFN4O4S. The molecule has 170 valence electrons. The summed E-state index contributed by atoms with van der Waals surface area (Å²) < 4.78 is 19.5. The fourth-order valence-electron chi connectivity index (χ4n) is 3.48. The summed E-state index contributed by atoms with van der Waals surface area (Å²) in [5.41, 5.74) is 1.34. The van der Waals surface area contributed by atoms with Crippen LogP contribution in [0.4, 0.5) is 9.52 Å². The Balaban J connectivity index is 1.56. The van der Waals surface area contributed by atoms with Crippen molar-refractivity contribution in [2.45, 2.75) is 6.42 Å². The van der Waals surface area contributed by atoms with E-state index >= 15 is 0 Å². The van der Waals surface area contributed by atoms with Crippen LogP contribution in [-0.2, 0) is 25.3 Å². The zero-order valence-electron chi connectivity index (χ0n) is 17.6. The first kappa shape index (κ1) is 22.7. The van der Waals surface area contributed by atoms with Crippen molar-refractivity contribution in [1.82, 2.24) is 14.1 Å². The van der Waals surface area contributed by atoms with E-state index in [4.69, 9.17) is 16.3 Å². The maximum atomic E-state index is 12.7. The molecule has 33 heavy (non-hydrogen) atoms. The maximum absolute atomic E-state index is 12.7. The SMILES string of the molecule is Cn1c(=O)c2c(CC(=O)Nc3nc(-c4ccc(OCF)c(Cl)c4)cs3)cccc2n(C)c1=O. The second kappa shape index (κ2) is 9.16. The summed E-state index contributed by atoms with van der Waals surface area (Å²) in [5, 5.41) is 5.42. The summed E-state index contributed by atoms with van der Waals surface area (Å²) >= 11 is 7.33. The highest BCUT2D eigenvalue weighted by Crippen LogP contribution is 2.32. The van der Waals surface area contributed by atoms with E-state index in [0.29, 0.717) is 32.9 Å². The molecule has 2 heterocycles. The molecule has 0 bridgehead atoms. The number of ether oxygens (including phenoxy) is 1. The van der Waals surface area contributed by atoms with Gasteiger partial charge in [0.15, 0.2) is 5.13 Å². The summed E-state index contributed by atoms with van der Waals surface area (Å²) in [6.07, 6.45) is -0.0687. The predicted octanol–water partition coefficient (Wildman–Crippen LogP) is 3.50. The third-order valence-electron chi connectivity index (χ3n) is 5.12. The van der Waals surface area contributed by atoms with E-state index in [2.05, 4.69) is 10.3 Å². The number of rotatable bonds is 6. The minimum atomic E-state index is -0.981. The largest absolute Gasteiger partial charge is 0.461 e. The van der Waals surface area contributed by atoms with Gasteiger partial charge in [-0.05, 0) is 29.8 Å². The Morgan fingerprint density at radius 3 is 2.73 bits per heavy atom. The number of hydrogen-bond acceptors (Lipinski definition) is 6. The molecule has 1 amide bonds. The maximum Gasteiger partial charge on any atom is 0.330 e. The third kappa shape index (κ3) is 4.39. The Kier molecular flexibility index (Phi) is 6.30. The highest BCUT2D eigenvalue weighted by molar-refractivity contribution is 7.14. The van der Waals surface area contributed by atoms with Gasteiger partial charge in [-0.25, -0.2) is 14.2 Å². The number of fused-ring (bicyclic) bond motifs is 1. The number of halogens is 2. The number of amides is 1. The van der Waals surface area contributed by atoms with Gasteiger partial charge in [-0.3, -0.25) is 18.7 Å². The quantitative estimate of drug-likeness (QED) is 0.448. The van der Waals surface area contributed by atoms with Crippen molar-refractivity contribution in [2.24, 2.45) is 14.1 Å². The number of aryl methyl sites for hydroxylation is 1. The summed E-state index contributed by atoms with van der Waals surface area (Å²) in [7, 11) is 2.98. The monoisotopic (exact) mass is 488 g/mol. The lowest BCUT2D eigenvalue weighted by atomic mass is 10.1. The van der Waals surface area contributed by atoms with Crippen LogP contribution in [0.5, 0.6) is 5.75 Å². The number of carbonyl (C=O) groups excluding carboxylic acids is 1. The highest BCUT2D eigenvalue weighted by Gasteiger charge is 2.16. The lowest BCUT2D eigenvalue weighted by Crippen LogP contribution is -2.37. The van der Waals surface area contributed by atoms with Crippen molar-refractivity contribution in [1.29, 1.82) is 0 Å². The topological polar surface area (TPSA) is 95.2 Å². The van der Waals surface area contributed by atoms with E-state index in [-0.39, 0.29) is 23.1 Å². The van der Waals surface area contributed by atoms with Gasteiger partial charge in [0.1, 0.15) is 5.75 Å². The van der Waals surface area contributed by atoms with Crippen LogP contribution in [0.25, 0.3) is 22.2 Å². The lowest BCUT2D eigenvalue weighted by molar-refractivity contribution is -0.115. The van der Waals surface area contributed by atoms with Crippen LogP contribution in [0.15, 0.2) is 51.4 Å². The number of thiazole rings is 1. The van der Waals surface area contributed by atoms with E-state index in [0.717, 1.165) is 4.57 Å². The Morgan fingerprint density at radius 2 is 2.00 bits per heavy atom. The Morgan fingerprint density at radius 1 is 1.21 bits per heavy atom. The third-order valence-corrected chi connectivity index (χ3v) is 6.17. The smallest absolute Gasteiger partial charge is 0.330 e. The van der Waals surface area contributed by atoms with Gasteiger partial charge < -0.3 is 10.1 Å². The van der Waals surface area contributed by atoms with Gasteiger partial charge in [-0.1, -0.05) is 23.7 Å². The van der Waals surface area contributed by atoms with Crippen molar-refractivity contribution in [2.75, 3.05) is 12.2 Å².